The number of fused-ring (bicyclic) bond motifs is 1. The monoisotopic (exact) mass is 360 g/mol. The van der Waals surface area contributed by atoms with Crippen LogP contribution in [0.3, 0.4) is 0 Å². The van der Waals surface area contributed by atoms with Gasteiger partial charge in [0.2, 0.25) is 5.91 Å². The molecule has 134 valence electrons. The molecule has 2 aromatic rings. The van der Waals surface area contributed by atoms with Crippen LogP contribution in [-0.4, -0.2) is 36.6 Å². The third kappa shape index (κ3) is 3.49. The summed E-state index contributed by atoms with van der Waals surface area (Å²) in [7, 11) is 3.28. The average Bonchev–Trinajstić information content (AvgIpc) is 3.04. The van der Waals surface area contributed by atoms with E-state index in [1.54, 1.807) is 25.6 Å². The maximum atomic E-state index is 12.8. The number of thiazole rings is 1. The molecular formula is C19H24N2O3S. The number of amides is 1. The van der Waals surface area contributed by atoms with E-state index in [0.717, 1.165) is 36.4 Å². The zero-order chi connectivity index (χ0) is 18.0. The molecule has 1 atom stereocenters. The van der Waals surface area contributed by atoms with E-state index < -0.39 is 0 Å². The third-order valence-electron chi connectivity index (χ3n) is 4.92. The van der Waals surface area contributed by atoms with Crippen LogP contribution < -0.4 is 9.47 Å². The van der Waals surface area contributed by atoms with Crippen molar-refractivity contribution in [3.8, 4) is 11.5 Å². The lowest BCUT2D eigenvalue weighted by Crippen LogP contribution is -2.39. The van der Waals surface area contributed by atoms with Crippen molar-refractivity contribution >= 4 is 17.2 Å². The van der Waals surface area contributed by atoms with Gasteiger partial charge in [0.25, 0.3) is 0 Å². The van der Waals surface area contributed by atoms with E-state index in [1.165, 1.54) is 10.4 Å². The van der Waals surface area contributed by atoms with Crippen LogP contribution in [0.4, 0.5) is 0 Å². The van der Waals surface area contributed by atoms with Crippen LogP contribution in [0.25, 0.3) is 0 Å². The van der Waals surface area contributed by atoms with Crippen molar-refractivity contribution < 1.29 is 14.3 Å². The maximum Gasteiger partial charge on any atom is 0.223 e. The van der Waals surface area contributed by atoms with E-state index in [1.807, 2.05) is 29.5 Å². The molecule has 0 saturated carbocycles. The molecule has 2 heterocycles. The first-order valence-corrected chi connectivity index (χ1v) is 9.36. The number of aromatic nitrogens is 1. The highest BCUT2D eigenvalue weighted by Crippen LogP contribution is 2.38. The molecule has 3 rings (SSSR count). The summed E-state index contributed by atoms with van der Waals surface area (Å²) < 4.78 is 10.8. The second kappa shape index (κ2) is 7.44. The molecule has 1 aliphatic rings. The first-order valence-electron chi connectivity index (χ1n) is 8.48. The fourth-order valence-electron chi connectivity index (χ4n) is 3.42. The number of nitrogens with zero attached hydrogens (tertiary/aromatic N) is 2. The molecule has 0 aliphatic carbocycles. The summed E-state index contributed by atoms with van der Waals surface area (Å²) in [6.45, 7) is 4.82. The number of aryl methyl sites for hydroxylation is 2. The number of rotatable bonds is 5. The summed E-state index contributed by atoms with van der Waals surface area (Å²) in [5.74, 6) is 1.65. The van der Waals surface area contributed by atoms with E-state index in [0.29, 0.717) is 12.2 Å². The van der Waals surface area contributed by atoms with Gasteiger partial charge in [0, 0.05) is 17.8 Å². The highest BCUT2D eigenvalue weighted by Gasteiger charge is 2.29. The van der Waals surface area contributed by atoms with Crippen molar-refractivity contribution in [2.24, 2.45) is 0 Å². The van der Waals surface area contributed by atoms with Crippen LogP contribution in [0.1, 0.15) is 41.1 Å². The van der Waals surface area contributed by atoms with Gasteiger partial charge in [-0.05, 0) is 49.9 Å². The van der Waals surface area contributed by atoms with Gasteiger partial charge in [-0.15, -0.1) is 11.3 Å². The molecule has 25 heavy (non-hydrogen) atoms. The molecular weight excluding hydrogens is 336 g/mol. The van der Waals surface area contributed by atoms with Crippen LogP contribution in [0.2, 0.25) is 0 Å². The number of methoxy groups -OCH3 is 2. The Labute approximate surface area is 152 Å². The fourth-order valence-corrected chi connectivity index (χ4v) is 4.20. The minimum atomic E-state index is 0.0404. The zero-order valence-corrected chi connectivity index (χ0v) is 16.0. The Bertz CT molecular complexity index is 772. The normalized spacial score (nSPS) is 16.5. The minimum Gasteiger partial charge on any atom is -0.493 e. The zero-order valence-electron chi connectivity index (χ0n) is 15.2. The molecule has 1 aromatic heterocycles. The number of hydrogen-bond donors (Lipinski definition) is 0. The van der Waals surface area contributed by atoms with Crippen LogP contribution >= 0.6 is 11.3 Å². The molecule has 1 amide bonds. The van der Waals surface area contributed by atoms with E-state index in [4.69, 9.17) is 9.47 Å². The summed E-state index contributed by atoms with van der Waals surface area (Å²) in [6, 6.07) is 4.08. The largest absolute Gasteiger partial charge is 0.493 e. The Morgan fingerprint density at radius 3 is 2.68 bits per heavy atom. The van der Waals surface area contributed by atoms with Crippen molar-refractivity contribution in [3.05, 3.63) is 39.3 Å². The lowest BCUT2D eigenvalue weighted by molar-refractivity contribution is -0.133. The molecule has 0 saturated heterocycles. The smallest absolute Gasteiger partial charge is 0.223 e. The third-order valence-corrected chi connectivity index (χ3v) is 5.91. The molecule has 0 N–H and O–H groups in total. The molecule has 6 heteroatoms. The molecule has 1 aliphatic heterocycles. The minimum absolute atomic E-state index is 0.0404. The molecule has 0 radical (unpaired) electrons. The van der Waals surface area contributed by atoms with E-state index in [-0.39, 0.29) is 11.9 Å². The lowest BCUT2D eigenvalue weighted by Gasteiger charge is -2.36. The van der Waals surface area contributed by atoms with Gasteiger partial charge in [0.15, 0.2) is 11.5 Å². The summed E-state index contributed by atoms with van der Waals surface area (Å²) >= 11 is 1.62. The van der Waals surface area contributed by atoms with Gasteiger partial charge in [0.05, 0.1) is 31.5 Å². The SMILES string of the molecule is COc1cc2c(cc1OC)[C@H](C)N(C(=O)CCc1scnc1C)CC2. The second-order valence-corrected chi connectivity index (χ2v) is 7.22. The Balaban J connectivity index is 1.75. The van der Waals surface area contributed by atoms with Gasteiger partial charge < -0.3 is 14.4 Å². The molecule has 1 aromatic carbocycles. The van der Waals surface area contributed by atoms with E-state index >= 15 is 0 Å². The van der Waals surface area contributed by atoms with Gasteiger partial charge in [0.1, 0.15) is 0 Å². The van der Waals surface area contributed by atoms with Crippen LogP contribution in [0.15, 0.2) is 17.6 Å². The average molecular weight is 360 g/mol. The number of ether oxygens (including phenoxy) is 2. The lowest BCUT2D eigenvalue weighted by atomic mass is 9.92. The first-order chi connectivity index (χ1) is 12.0. The Morgan fingerprint density at radius 1 is 1.32 bits per heavy atom. The van der Waals surface area contributed by atoms with E-state index in [9.17, 15) is 4.79 Å². The molecule has 0 spiro atoms. The summed E-state index contributed by atoms with van der Waals surface area (Å²) in [5, 5.41) is 0. The van der Waals surface area contributed by atoms with Gasteiger partial charge in [-0.25, -0.2) is 4.98 Å². The fraction of sp³-hybridized carbons (Fsp3) is 0.474. The van der Waals surface area contributed by atoms with Crippen molar-refractivity contribution in [3.63, 3.8) is 0 Å². The summed E-state index contributed by atoms with van der Waals surface area (Å²) in [5.41, 5.74) is 5.25. The van der Waals surface area contributed by atoms with Crippen molar-refractivity contribution in [2.45, 2.75) is 39.2 Å². The van der Waals surface area contributed by atoms with Crippen LogP contribution in [0.5, 0.6) is 11.5 Å². The van der Waals surface area contributed by atoms with Crippen molar-refractivity contribution in [1.82, 2.24) is 9.88 Å². The molecule has 0 unspecified atom stereocenters. The van der Waals surface area contributed by atoms with Crippen LogP contribution in [-0.2, 0) is 17.6 Å². The van der Waals surface area contributed by atoms with Crippen LogP contribution in [0, 0.1) is 6.92 Å². The standard InChI is InChI=1S/C19H24N2O3S/c1-12-18(25-11-20-12)5-6-19(22)21-8-7-14-9-16(23-3)17(24-4)10-15(14)13(21)2/h9-11,13H,5-8H2,1-4H3/t13-/m0/s1. The predicted molar refractivity (Wildman–Crippen MR) is 98.6 cm³/mol. The predicted octanol–water partition coefficient (Wildman–Crippen LogP) is 3.55. The number of benzene rings is 1. The molecule has 5 nitrogen and oxygen atoms in total. The Morgan fingerprint density at radius 2 is 2.04 bits per heavy atom. The highest BCUT2D eigenvalue weighted by atomic mass is 32.1. The van der Waals surface area contributed by atoms with Gasteiger partial charge >= 0.3 is 0 Å². The number of carbonyl (C=O) groups excluding carboxylic acids is 1. The maximum absolute atomic E-state index is 12.8. The number of carbonyl (C=O) groups is 1. The van der Waals surface area contributed by atoms with Gasteiger partial charge in [-0.2, -0.15) is 0 Å². The number of hydrogen-bond acceptors (Lipinski definition) is 5. The molecule has 0 fully saturated rings. The quantitative estimate of drug-likeness (QED) is 0.818. The van der Waals surface area contributed by atoms with Crippen molar-refractivity contribution in [2.75, 3.05) is 20.8 Å². The Kier molecular flexibility index (Phi) is 5.27. The highest BCUT2D eigenvalue weighted by molar-refractivity contribution is 7.09. The Hall–Kier alpha value is -2.08. The van der Waals surface area contributed by atoms with Gasteiger partial charge in [-0.3, -0.25) is 4.79 Å². The van der Waals surface area contributed by atoms with Gasteiger partial charge in [-0.1, -0.05) is 0 Å². The van der Waals surface area contributed by atoms with E-state index in [2.05, 4.69) is 11.9 Å². The van der Waals surface area contributed by atoms with Crippen molar-refractivity contribution in [1.29, 1.82) is 0 Å². The molecule has 0 bridgehead atoms. The summed E-state index contributed by atoms with van der Waals surface area (Å²) in [4.78, 5) is 20.2. The summed E-state index contributed by atoms with van der Waals surface area (Å²) in [6.07, 6.45) is 2.12. The first kappa shape index (κ1) is 17.7. The topological polar surface area (TPSA) is 51.7 Å². The second-order valence-electron chi connectivity index (χ2n) is 6.28.